The van der Waals surface area contributed by atoms with Crippen molar-refractivity contribution < 1.29 is 0 Å². The minimum atomic E-state index is 0.809. The van der Waals surface area contributed by atoms with Crippen LogP contribution >= 0.6 is 11.3 Å². The summed E-state index contributed by atoms with van der Waals surface area (Å²) in [5, 5.41) is 6.57. The zero-order chi connectivity index (χ0) is 14.1. The van der Waals surface area contributed by atoms with Crippen LogP contribution in [0.15, 0.2) is 10.4 Å². The lowest BCUT2D eigenvalue weighted by Crippen LogP contribution is -2.38. The Hall–Kier alpha value is -1.10. The van der Waals surface area contributed by atoms with Gasteiger partial charge in [-0.3, -0.25) is 4.99 Å². The van der Waals surface area contributed by atoms with Gasteiger partial charge in [-0.25, -0.2) is 4.98 Å². The Balaban J connectivity index is 2.53. The van der Waals surface area contributed by atoms with E-state index in [9.17, 15) is 0 Å². The predicted molar refractivity (Wildman–Crippen MR) is 83.8 cm³/mol. The fraction of sp³-hybridized carbons (Fsp3) is 0.714. The molecule has 108 valence electrons. The van der Waals surface area contributed by atoms with Crippen LogP contribution in [0.5, 0.6) is 0 Å². The van der Waals surface area contributed by atoms with E-state index in [-0.39, 0.29) is 0 Å². The number of hydrogen-bond donors (Lipinski definition) is 1. The van der Waals surface area contributed by atoms with Gasteiger partial charge >= 0.3 is 0 Å². The van der Waals surface area contributed by atoms with Crippen molar-refractivity contribution in [1.29, 1.82) is 0 Å². The lowest BCUT2D eigenvalue weighted by molar-refractivity contribution is 0.470. The second-order valence-electron chi connectivity index (χ2n) is 4.66. The van der Waals surface area contributed by atoms with Crippen LogP contribution in [0.2, 0.25) is 0 Å². The highest BCUT2D eigenvalue weighted by molar-refractivity contribution is 7.09. The summed E-state index contributed by atoms with van der Waals surface area (Å²) in [7, 11) is 2.07. The van der Waals surface area contributed by atoms with Gasteiger partial charge in [0, 0.05) is 25.5 Å². The third-order valence-corrected chi connectivity index (χ3v) is 3.61. The molecule has 0 amide bonds. The molecule has 0 radical (unpaired) electrons. The lowest BCUT2D eigenvalue weighted by Gasteiger charge is -2.21. The zero-order valence-electron chi connectivity index (χ0n) is 12.6. The van der Waals surface area contributed by atoms with E-state index < -0.39 is 0 Å². The maximum atomic E-state index is 4.66. The number of aliphatic imine (C=N–C) groups is 1. The molecule has 1 heterocycles. The third kappa shape index (κ3) is 6.05. The summed E-state index contributed by atoms with van der Waals surface area (Å²) in [5.74, 6) is 0.976. The highest BCUT2D eigenvalue weighted by Gasteiger charge is 2.08. The van der Waals surface area contributed by atoms with E-state index in [1.807, 2.05) is 6.92 Å². The first-order valence-corrected chi connectivity index (χ1v) is 7.95. The fourth-order valence-electron chi connectivity index (χ4n) is 1.82. The molecule has 0 saturated heterocycles. The van der Waals surface area contributed by atoms with Crippen molar-refractivity contribution in [2.45, 2.75) is 46.6 Å². The minimum Gasteiger partial charge on any atom is -0.357 e. The molecule has 0 aliphatic rings. The number of hydrogen-bond acceptors (Lipinski definition) is 3. The number of thiazole rings is 1. The molecule has 0 saturated carbocycles. The molecule has 19 heavy (non-hydrogen) atoms. The van der Waals surface area contributed by atoms with Gasteiger partial charge in [-0.15, -0.1) is 11.3 Å². The minimum absolute atomic E-state index is 0.809. The molecule has 0 atom stereocenters. The van der Waals surface area contributed by atoms with E-state index in [0.717, 1.165) is 42.7 Å². The van der Waals surface area contributed by atoms with E-state index >= 15 is 0 Å². The highest BCUT2D eigenvalue weighted by Crippen LogP contribution is 2.09. The van der Waals surface area contributed by atoms with Crippen LogP contribution in [0.3, 0.4) is 0 Å². The van der Waals surface area contributed by atoms with E-state index in [0.29, 0.717) is 0 Å². The highest BCUT2D eigenvalue weighted by atomic mass is 32.1. The van der Waals surface area contributed by atoms with Crippen LogP contribution in [-0.4, -0.2) is 36.0 Å². The van der Waals surface area contributed by atoms with Gasteiger partial charge in [0.1, 0.15) is 0 Å². The van der Waals surface area contributed by atoms with Crippen molar-refractivity contribution in [3.05, 3.63) is 16.1 Å². The summed E-state index contributed by atoms with van der Waals surface area (Å²) < 4.78 is 0. The molecule has 4 nitrogen and oxygen atoms in total. The Labute approximate surface area is 121 Å². The molecule has 1 aromatic rings. The summed E-state index contributed by atoms with van der Waals surface area (Å²) in [6.07, 6.45) is 3.65. The summed E-state index contributed by atoms with van der Waals surface area (Å²) in [5.41, 5.74) is 1.11. The predicted octanol–water partition coefficient (Wildman–Crippen LogP) is 3.04. The molecule has 0 unspecified atom stereocenters. The molecular formula is C14H26N4S. The first-order chi connectivity index (χ1) is 9.17. The van der Waals surface area contributed by atoms with Gasteiger partial charge in [-0.1, -0.05) is 19.8 Å². The SMILES string of the molecule is CCCCCN=C(NCC)N(C)Cc1csc(C)n1. The number of unbranched alkanes of at least 4 members (excludes halogenated alkanes) is 2. The van der Waals surface area contributed by atoms with Gasteiger partial charge in [-0.05, 0) is 20.3 Å². The maximum absolute atomic E-state index is 4.66. The standard InChI is InChI=1S/C14H26N4S/c1-5-7-8-9-16-14(15-6-2)18(4)10-13-11-19-12(3)17-13/h11H,5-10H2,1-4H3,(H,15,16). The number of aromatic nitrogens is 1. The first kappa shape index (κ1) is 16.0. The molecule has 5 heteroatoms. The number of rotatable bonds is 7. The molecule has 0 aromatic carbocycles. The van der Waals surface area contributed by atoms with Crippen LogP contribution < -0.4 is 5.32 Å². The smallest absolute Gasteiger partial charge is 0.194 e. The van der Waals surface area contributed by atoms with E-state index in [1.165, 1.54) is 12.8 Å². The maximum Gasteiger partial charge on any atom is 0.194 e. The van der Waals surface area contributed by atoms with Crippen molar-refractivity contribution in [2.24, 2.45) is 4.99 Å². The van der Waals surface area contributed by atoms with E-state index in [2.05, 4.69) is 46.5 Å². The summed E-state index contributed by atoms with van der Waals surface area (Å²) in [4.78, 5) is 11.3. The average molecular weight is 282 g/mol. The number of guanidine groups is 1. The van der Waals surface area contributed by atoms with Gasteiger partial charge in [0.05, 0.1) is 17.2 Å². The summed E-state index contributed by atoms with van der Waals surface area (Å²) >= 11 is 1.70. The van der Waals surface area contributed by atoms with Crippen LogP contribution in [0.25, 0.3) is 0 Å². The van der Waals surface area contributed by atoms with Crippen LogP contribution in [0, 0.1) is 6.92 Å². The lowest BCUT2D eigenvalue weighted by atomic mass is 10.2. The van der Waals surface area contributed by atoms with Crippen molar-refractivity contribution in [2.75, 3.05) is 20.1 Å². The topological polar surface area (TPSA) is 40.5 Å². The van der Waals surface area contributed by atoms with E-state index in [4.69, 9.17) is 0 Å². The second kappa shape index (κ2) is 8.91. The molecule has 0 spiro atoms. The third-order valence-electron chi connectivity index (χ3n) is 2.79. The van der Waals surface area contributed by atoms with Gasteiger partial charge in [0.15, 0.2) is 5.96 Å². The summed E-state index contributed by atoms with van der Waals surface area (Å²) in [6, 6.07) is 0. The van der Waals surface area contributed by atoms with Gasteiger partial charge in [0.2, 0.25) is 0 Å². The largest absolute Gasteiger partial charge is 0.357 e. The Morgan fingerprint density at radius 2 is 2.21 bits per heavy atom. The molecule has 1 rings (SSSR count). The van der Waals surface area contributed by atoms with Crippen molar-refractivity contribution in [3.63, 3.8) is 0 Å². The van der Waals surface area contributed by atoms with Gasteiger partial charge < -0.3 is 10.2 Å². The number of nitrogens with zero attached hydrogens (tertiary/aromatic N) is 3. The van der Waals surface area contributed by atoms with Crippen molar-refractivity contribution >= 4 is 17.3 Å². The summed E-state index contributed by atoms with van der Waals surface area (Å²) in [6.45, 7) is 8.96. The monoisotopic (exact) mass is 282 g/mol. The second-order valence-corrected chi connectivity index (χ2v) is 5.72. The first-order valence-electron chi connectivity index (χ1n) is 7.07. The Kier molecular flexibility index (Phi) is 7.48. The molecule has 1 aromatic heterocycles. The number of nitrogens with one attached hydrogen (secondary N) is 1. The van der Waals surface area contributed by atoms with Gasteiger partial charge in [0.25, 0.3) is 0 Å². The molecule has 0 aliphatic heterocycles. The molecule has 0 bridgehead atoms. The zero-order valence-corrected chi connectivity index (χ0v) is 13.4. The quantitative estimate of drug-likeness (QED) is 0.475. The Morgan fingerprint density at radius 1 is 1.42 bits per heavy atom. The van der Waals surface area contributed by atoms with Crippen molar-refractivity contribution in [3.8, 4) is 0 Å². The average Bonchev–Trinajstić information content (AvgIpc) is 2.78. The normalized spacial score (nSPS) is 11.7. The van der Waals surface area contributed by atoms with Gasteiger partial charge in [-0.2, -0.15) is 0 Å². The molecular weight excluding hydrogens is 256 g/mol. The van der Waals surface area contributed by atoms with Crippen molar-refractivity contribution in [1.82, 2.24) is 15.2 Å². The van der Waals surface area contributed by atoms with E-state index in [1.54, 1.807) is 11.3 Å². The van der Waals surface area contributed by atoms with Crippen LogP contribution in [0.1, 0.15) is 43.8 Å². The van der Waals surface area contributed by atoms with Crippen LogP contribution in [0.4, 0.5) is 0 Å². The Morgan fingerprint density at radius 3 is 2.79 bits per heavy atom. The molecule has 1 N–H and O–H groups in total. The molecule has 0 fully saturated rings. The number of aryl methyl sites for hydroxylation is 1. The fourth-order valence-corrected chi connectivity index (χ4v) is 2.42. The van der Waals surface area contributed by atoms with Crippen LogP contribution in [-0.2, 0) is 6.54 Å². The Bertz CT molecular complexity index is 387. The molecule has 0 aliphatic carbocycles.